The highest BCUT2D eigenvalue weighted by molar-refractivity contribution is 6.06. The first-order valence-corrected chi connectivity index (χ1v) is 19.6. The molecule has 8 rings (SSSR count). The number of anilines is 2. The average molecular weight is 851 g/mol. The minimum atomic E-state index is -0.691. The van der Waals surface area contributed by atoms with Crippen molar-refractivity contribution in [1.29, 1.82) is 0 Å². The molecule has 0 saturated carbocycles. The molecule has 2 amide bonds. The number of fused-ring (bicyclic) bond motifs is 2. The number of phenolic OH excluding ortho intramolecular Hbond substituents is 1. The molecule has 0 aliphatic carbocycles. The van der Waals surface area contributed by atoms with Crippen molar-refractivity contribution in [3.8, 4) is 28.7 Å². The molecule has 0 aromatic heterocycles. The number of carbonyl (C=O) groups excluding carboxylic acids is 6. The Balaban J connectivity index is 0.833. The highest BCUT2D eigenvalue weighted by Crippen LogP contribution is 2.26. The summed E-state index contributed by atoms with van der Waals surface area (Å²) in [6.07, 6.45) is 0. The summed E-state index contributed by atoms with van der Waals surface area (Å²) in [5.41, 5.74) is 2.20. The number of ether oxygens (including phenoxy) is 4. The molecule has 0 aliphatic heterocycles. The Morgan fingerprint density at radius 1 is 0.375 bits per heavy atom. The molecule has 3 N–H and O–H groups in total. The third-order valence-electron chi connectivity index (χ3n) is 9.70. The quantitative estimate of drug-likeness (QED) is 0.0832. The van der Waals surface area contributed by atoms with Gasteiger partial charge in [-0.05, 0) is 161 Å². The van der Waals surface area contributed by atoms with Crippen molar-refractivity contribution in [3.05, 3.63) is 198 Å². The van der Waals surface area contributed by atoms with Gasteiger partial charge in [0.2, 0.25) is 0 Å². The molecular weight excluding hydrogens is 817 g/mol. The molecule has 0 saturated heterocycles. The summed E-state index contributed by atoms with van der Waals surface area (Å²) in [7, 11) is 0. The topological polar surface area (TPSA) is 184 Å². The number of aromatic hydroxyl groups is 1. The Kier molecular flexibility index (Phi) is 11.9. The Labute approximate surface area is 364 Å². The molecule has 13 nitrogen and oxygen atoms in total. The minimum absolute atomic E-state index is 0.128. The molecule has 0 fully saturated rings. The highest BCUT2D eigenvalue weighted by Gasteiger charge is 2.16. The van der Waals surface area contributed by atoms with Crippen LogP contribution in [0.4, 0.5) is 11.4 Å². The number of rotatable bonds is 11. The lowest BCUT2D eigenvalue weighted by Crippen LogP contribution is -2.14. The number of carbonyl (C=O) groups is 6. The van der Waals surface area contributed by atoms with Crippen molar-refractivity contribution in [2.24, 2.45) is 0 Å². The number of benzene rings is 8. The molecule has 0 bridgehead atoms. The van der Waals surface area contributed by atoms with Crippen LogP contribution in [-0.4, -0.2) is 40.8 Å². The van der Waals surface area contributed by atoms with E-state index in [0.717, 1.165) is 10.8 Å². The van der Waals surface area contributed by atoms with Crippen LogP contribution in [0.1, 0.15) is 58.7 Å². The van der Waals surface area contributed by atoms with Crippen molar-refractivity contribution in [3.63, 3.8) is 0 Å². The second-order valence-electron chi connectivity index (χ2n) is 14.3. The number of hydrogen-bond donors (Lipinski definition) is 3. The van der Waals surface area contributed by atoms with Gasteiger partial charge in [0.15, 0.2) is 0 Å². The van der Waals surface area contributed by atoms with E-state index in [9.17, 15) is 33.9 Å². The fourth-order valence-electron chi connectivity index (χ4n) is 6.52. The molecule has 314 valence electrons. The van der Waals surface area contributed by atoms with Gasteiger partial charge in [-0.25, -0.2) is 14.4 Å². The molecule has 0 spiro atoms. The van der Waals surface area contributed by atoms with Gasteiger partial charge < -0.3 is 34.7 Å². The number of esters is 4. The van der Waals surface area contributed by atoms with Gasteiger partial charge in [-0.1, -0.05) is 30.3 Å². The monoisotopic (exact) mass is 850 g/mol. The predicted octanol–water partition coefficient (Wildman–Crippen LogP) is 9.79. The van der Waals surface area contributed by atoms with Crippen LogP contribution >= 0.6 is 0 Å². The molecular formula is C51H34N2O11. The average Bonchev–Trinajstić information content (AvgIpc) is 3.30. The van der Waals surface area contributed by atoms with Gasteiger partial charge in [-0.3, -0.25) is 14.4 Å². The third-order valence-corrected chi connectivity index (χ3v) is 9.70. The Hall–Kier alpha value is -9.10. The smallest absolute Gasteiger partial charge is 0.343 e. The van der Waals surface area contributed by atoms with Crippen LogP contribution in [0, 0.1) is 0 Å². The predicted molar refractivity (Wildman–Crippen MR) is 237 cm³/mol. The zero-order chi connectivity index (χ0) is 44.7. The third kappa shape index (κ3) is 10.1. The molecule has 0 atom stereocenters. The number of hydrogen-bond acceptors (Lipinski definition) is 11. The van der Waals surface area contributed by atoms with E-state index in [1.807, 2.05) is 0 Å². The van der Waals surface area contributed by atoms with E-state index in [4.69, 9.17) is 18.9 Å². The summed E-state index contributed by atoms with van der Waals surface area (Å²) in [5, 5.41) is 18.1. The molecule has 13 heteroatoms. The number of nitrogens with one attached hydrogen (secondary N) is 2. The number of amides is 2. The molecule has 8 aromatic rings. The van der Waals surface area contributed by atoms with Gasteiger partial charge in [0, 0.05) is 29.4 Å². The zero-order valence-corrected chi connectivity index (χ0v) is 33.7. The second-order valence-corrected chi connectivity index (χ2v) is 14.3. The highest BCUT2D eigenvalue weighted by atomic mass is 16.5. The van der Waals surface area contributed by atoms with Crippen molar-refractivity contribution in [2.75, 3.05) is 10.6 Å². The van der Waals surface area contributed by atoms with Gasteiger partial charge in [0.25, 0.3) is 11.8 Å². The van der Waals surface area contributed by atoms with E-state index in [1.165, 1.54) is 49.4 Å². The van der Waals surface area contributed by atoms with E-state index in [2.05, 4.69) is 10.6 Å². The van der Waals surface area contributed by atoms with Gasteiger partial charge in [-0.2, -0.15) is 0 Å². The molecule has 8 aromatic carbocycles. The fraction of sp³-hybridized carbons (Fsp3) is 0.0196. The van der Waals surface area contributed by atoms with Crippen LogP contribution in [0.25, 0.3) is 21.5 Å². The molecule has 64 heavy (non-hydrogen) atoms. The van der Waals surface area contributed by atoms with Gasteiger partial charge in [-0.15, -0.1) is 0 Å². The SMILES string of the molecule is CC(=O)Oc1ccc(NC(=O)c2ccc(OC(=O)c3ccc4cc(OC(=O)c5cccc(C(=O)Nc6ccc(OC(=O)c7ccc8cc(O)ccc8c7)cc6)c5)ccc4c3)cc2)cc1. The lowest BCUT2D eigenvalue weighted by atomic mass is 10.1. The van der Waals surface area contributed by atoms with Gasteiger partial charge in [0.1, 0.15) is 28.7 Å². The van der Waals surface area contributed by atoms with Crippen molar-refractivity contribution < 1.29 is 52.8 Å². The van der Waals surface area contributed by atoms with Gasteiger partial charge in [0.05, 0.1) is 16.7 Å². The maximum atomic E-state index is 13.2. The largest absolute Gasteiger partial charge is 0.508 e. The Bertz CT molecular complexity index is 3130. The maximum absolute atomic E-state index is 13.2. The first-order valence-electron chi connectivity index (χ1n) is 19.6. The molecule has 0 heterocycles. The summed E-state index contributed by atoms with van der Waals surface area (Å²) < 4.78 is 21.7. The van der Waals surface area contributed by atoms with Crippen LogP contribution < -0.4 is 29.6 Å². The van der Waals surface area contributed by atoms with Crippen LogP contribution in [0.5, 0.6) is 28.7 Å². The lowest BCUT2D eigenvalue weighted by Gasteiger charge is -2.10. The van der Waals surface area contributed by atoms with Crippen molar-refractivity contribution >= 4 is 68.6 Å². The zero-order valence-electron chi connectivity index (χ0n) is 33.7. The minimum Gasteiger partial charge on any atom is -0.508 e. The summed E-state index contributed by atoms with van der Waals surface area (Å²) in [6, 6.07) is 44.3. The molecule has 0 unspecified atom stereocenters. The Morgan fingerprint density at radius 2 is 0.766 bits per heavy atom. The maximum Gasteiger partial charge on any atom is 0.343 e. The van der Waals surface area contributed by atoms with Gasteiger partial charge >= 0.3 is 23.9 Å². The van der Waals surface area contributed by atoms with Crippen LogP contribution in [0.15, 0.2) is 170 Å². The van der Waals surface area contributed by atoms with Crippen molar-refractivity contribution in [1.82, 2.24) is 0 Å². The standard InChI is InChI=1S/C51H34N2O11/c1-30(54)61-43-21-13-40(14-22-43)52-47(56)31-10-18-44(19-11-31)62-50(59)39-8-6-35-29-46(20-12-33(35)26-39)64-49(58)37-4-2-3-36(27-37)48(57)53-41-15-23-45(24-16-41)63-51(60)38-7-5-34-28-42(55)17-9-32(34)25-38/h2-29,55H,1H3,(H,52,56)(H,53,57). The first kappa shape index (κ1) is 41.6. The summed E-state index contributed by atoms with van der Waals surface area (Å²) in [6.45, 7) is 1.30. The first-order chi connectivity index (χ1) is 30.9. The number of phenols is 1. The van der Waals surface area contributed by atoms with E-state index >= 15 is 0 Å². The molecule has 0 radical (unpaired) electrons. The fourth-order valence-corrected chi connectivity index (χ4v) is 6.52. The van der Waals surface area contributed by atoms with E-state index < -0.39 is 29.8 Å². The van der Waals surface area contributed by atoms with E-state index in [1.54, 1.807) is 127 Å². The van der Waals surface area contributed by atoms with Crippen molar-refractivity contribution in [2.45, 2.75) is 6.92 Å². The second kappa shape index (κ2) is 18.3. The van der Waals surface area contributed by atoms with Crippen LogP contribution in [0.3, 0.4) is 0 Å². The normalized spacial score (nSPS) is 10.7. The molecule has 0 aliphatic rings. The lowest BCUT2D eigenvalue weighted by molar-refractivity contribution is -0.131. The van der Waals surface area contributed by atoms with E-state index in [-0.39, 0.29) is 45.6 Å². The summed E-state index contributed by atoms with van der Waals surface area (Å²) in [4.78, 5) is 76.0. The van der Waals surface area contributed by atoms with E-state index in [0.29, 0.717) is 39.0 Å². The summed E-state index contributed by atoms with van der Waals surface area (Å²) >= 11 is 0. The summed E-state index contributed by atoms with van der Waals surface area (Å²) in [5.74, 6) is -1.98. The Morgan fingerprint density at radius 3 is 1.33 bits per heavy atom. The van der Waals surface area contributed by atoms with Crippen LogP contribution in [-0.2, 0) is 4.79 Å². The van der Waals surface area contributed by atoms with Crippen LogP contribution in [0.2, 0.25) is 0 Å².